The van der Waals surface area contributed by atoms with Crippen LogP contribution in [0.5, 0.6) is 0 Å². The third-order valence-electron chi connectivity index (χ3n) is 4.91. The molecule has 0 radical (unpaired) electrons. The van der Waals surface area contributed by atoms with Crippen LogP contribution in [-0.2, 0) is 24.4 Å². The maximum absolute atomic E-state index is 11.7. The Morgan fingerprint density at radius 2 is 1.31 bits per heavy atom. The number of amides is 1. The number of hydrogen-bond acceptors (Lipinski definition) is 5. The minimum absolute atomic E-state index is 0. The summed E-state index contributed by atoms with van der Waals surface area (Å²) < 4.78 is 36.1. The minimum Gasteiger partial charge on any atom is -1.00 e. The van der Waals surface area contributed by atoms with Crippen molar-refractivity contribution in [1.29, 1.82) is 0 Å². The summed E-state index contributed by atoms with van der Waals surface area (Å²) in [5.41, 5.74) is 4.90. The average molecular weight is 496 g/mol. The summed E-state index contributed by atoms with van der Waals surface area (Å²) in [6, 6.07) is 0. The Morgan fingerprint density at radius 1 is 0.875 bits per heavy atom. The van der Waals surface area contributed by atoms with E-state index in [2.05, 4.69) is 19.1 Å². The third-order valence-corrected chi connectivity index (χ3v) is 5.99. The van der Waals surface area contributed by atoms with Crippen LogP contribution >= 0.6 is 0 Å². The number of rotatable bonds is 20. The smallest absolute Gasteiger partial charge is 1.00 e. The van der Waals surface area contributed by atoms with Gasteiger partial charge in [0.05, 0.1) is 13.0 Å². The number of nitrogens with two attached hydrogens (primary N) is 1. The second-order valence-corrected chi connectivity index (χ2v) is 9.38. The molecular weight excluding hydrogens is 452 g/mol. The van der Waals surface area contributed by atoms with Crippen LogP contribution in [0.4, 0.5) is 0 Å². The Labute approximate surface area is 242 Å². The first-order chi connectivity index (χ1) is 14.3. The van der Waals surface area contributed by atoms with Crippen molar-refractivity contribution in [2.24, 2.45) is 5.73 Å². The number of unbranched alkanes of at least 4 members (excludes halogenated alkanes) is 12. The van der Waals surface area contributed by atoms with E-state index in [1.165, 1.54) is 51.4 Å². The number of carbonyl (C=O) groups excluding carboxylic acids is 2. The molecule has 1 amide bonds. The van der Waals surface area contributed by atoms with Gasteiger partial charge in [0.1, 0.15) is 0 Å². The molecule has 0 rings (SSSR count). The quantitative estimate of drug-likeness (QED) is 0.0729. The fraction of sp³-hybridized carbons (Fsp3) is 0.818. The summed E-state index contributed by atoms with van der Waals surface area (Å²) in [6.45, 7) is 2.30. The van der Waals surface area contributed by atoms with Gasteiger partial charge < -0.3 is 13.3 Å². The van der Waals surface area contributed by atoms with Crippen LogP contribution < -0.4 is 64.8 Å². The summed E-state index contributed by atoms with van der Waals surface area (Å²) in [5.74, 6) is -2.13. The zero-order chi connectivity index (χ0) is 22.7. The summed E-state index contributed by atoms with van der Waals surface area (Å²) in [5, 5.41) is -1.94. The Kier molecular flexibility index (Phi) is 28.7. The summed E-state index contributed by atoms with van der Waals surface area (Å²) in [6.07, 6.45) is 20.0. The van der Waals surface area contributed by atoms with Gasteiger partial charge in [-0.05, 0) is 32.1 Å². The first kappa shape index (κ1) is 37.1. The monoisotopic (exact) mass is 495 g/mol. The van der Waals surface area contributed by atoms with E-state index in [1.807, 2.05) is 0 Å². The van der Waals surface area contributed by atoms with E-state index in [0.717, 1.165) is 32.1 Å². The molecule has 7 nitrogen and oxygen atoms in total. The number of hydrogen-bond donors (Lipinski definition) is 2. The van der Waals surface area contributed by atoms with Crippen LogP contribution in [0.25, 0.3) is 0 Å². The number of ether oxygens (including phenoxy) is 1. The molecule has 32 heavy (non-hydrogen) atoms. The standard InChI is InChI=1S/C22H41NO6S.2Na.2H/c1-2-3-4-5-6-7-8-9-10-11-12-13-14-15-16-17-18-29-22(25)20(19-21(23)24)30(26,27)28;;;;/h9-10,20H,2-8,11-19H2,1H3,(H2,23,24)(H,26,27,28);;;;/q;2*+1;2*-1/b10-9-;;;;. The van der Waals surface area contributed by atoms with E-state index in [9.17, 15) is 18.0 Å². The zero-order valence-corrected chi connectivity index (χ0v) is 25.3. The van der Waals surface area contributed by atoms with E-state index in [1.54, 1.807) is 0 Å². The number of esters is 1. The van der Waals surface area contributed by atoms with Crippen molar-refractivity contribution in [2.75, 3.05) is 6.61 Å². The van der Waals surface area contributed by atoms with Crippen molar-refractivity contribution in [3.8, 4) is 0 Å². The van der Waals surface area contributed by atoms with E-state index in [-0.39, 0.29) is 68.6 Å². The molecule has 180 valence electrons. The molecule has 0 fully saturated rings. The fourth-order valence-electron chi connectivity index (χ4n) is 3.11. The van der Waals surface area contributed by atoms with Crippen LogP contribution in [0.15, 0.2) is 12.2 Å². The van der Waals surface area contributed by atoms with Crippen molar-refractivity contribution in [1.82, 2.24) is 0 Å². The SMILES string of the molecule is CCCCCCCC/C=C\CCCCCCCCOC(=O)C(CC(N)=O)S(=O)(=O)O.[H-].[H-].[Na+].[Na+]. The van der Waals surface area contributed by atoms with E-state index >= 15 is 0 Å². The normalized spacial score (nSPS) is 12.1. The molecule has 1 atom stereocenters. The van der Waals surface area contributed by atoms with Gasteiger partial charge in [0.25, 0.3) is 10.1 Å². The Morgan fingerprint density at radius 3 is 1.75 bits per heavy atom. The van der Waals surface area contributed by atoms with Crippen molar-refractivity contribution in [3.63, 3.8) is 0 Å². The number of carbonyl (C=O) groups is 2. The van der Waals surface area contributed by atoms with Gasteiger partial charge in [-0.2, -0.15) is 8.42 Å². The van der Waals surface area contributed by atoms with Gasteiger partial charge in [-0.1, -0.05) is 76.9 Å². The Balaban J connectivity index is -0.000000701. The first-order valence-electron chi connectivity index (χ1n) is 11.3. The molecule has 0 saturated heterocycles. The maximum atomic E-state index is 11.7. The maximum Gasteiger partial charge on any atom is 1.00 e. The van der Waals surface area contributed by atoms with Crippen LogP contribution in [-0.4, -0.2) is 36.7 Å². The number of primary amides is 1. The summed E-state index contributed by atoms with van der Waals surface area (Å²) >= 11 is 0. The van der Waals surface area contributed by atoms with Gasteiger partial charge in [-0.3, -0.25) is 14.1 Å². The van der Waals surface area contributed by atoms with Gasteiger partial charge in [-0.15, -0.1) is 0 Å². The van der Waals surface area contributed by atoms with Gasteiger partial charge in [0.2, 0.25) is 5.91 Å². The largest absolute Gasteiger partial charge is 1.00 e. The van der Waals surface area contributed by atoms with Crippen molar-refractivity contribution in [3.05, 3.63) is 12.2 Å². The van der Waals surface area contributed by atoms with Crippen LogP contribution in [0.3, 0.4) is 0 Å². The molecule has 10 heteroatoms. The van der Waals surface area contributed by atoms with Crippen molar-refractivity contribution in [2.45, 2.75) is 108 Å². The van der Waals surface area contributed by atoms with Gasteiger partial charge in [0.15, 0.2) is 5.25 Å². The molecule has 0 aliphatic rings. The van der Waals surface area contributed by atoms with E-state index in [0.29, 0.717) is 6.42 Å². The molecule has 0 spiro atoms. The molecule has 3 N–H and O–H groups in total. The van der Waals surface area contributed by atoms with Crippen LogP contribution in [0.2, 0.25) is 0 Å². The minimum atomic E-state index is -4.71. The molecule has 0 saturated carbocycles. The van der Waals surface area contributed by atoms with Crippen molar-refractivity contribution < 1.29 is 89.3 Å². The number of allylic oxidation sites excluding steroid dienone is 2. The molecule has 0 aromatic rings. The van der Waals surface area contributed by atoms with E-state index in [4.69, 9.17) is 15.0 Å². The second-order valence-electron chi connectivity index (χ2n) is 7.78. The summed E-state index contributed by atoms with van der Waals surface area (Å²) in [4.78, 5) is 22.5. The Bertz CT molecular complexity index is 610. The molecular formula is C22H43NNa2O6S. The zero-order valence-electron chi connectivity index (χ0n) is 22.5. The summed E-state index contributed by atoms with van der Waals surface area (Å²) in [7, 11) is -4.71. The molecule has 0 aromatic carbocycles. The molecule has 0 bridgehead atoms. The predicted molar refractivity (Wildman–Crippen MR) is 122 cm³/mol. The molecule has 0 aromatic heterocycles. The van der Waals surface area contributed by atoms with Gasteiger partial charge in [0, 0.05) is 0 Å². The van der Waals surface area contributed by atoms with Gasteiger partial charge >= 0.3 is 65.1 Å². The topological polar surface area (TPSA) is 124 Å². The molecule has 0 aliphatic carbocycles. The fourth-order valence-corrected chi connectivity index (χ4v) is 3.79. The molecule has 1 unspecified atom stereocenters. The first-order valence-corrected chi connectivity index (χ1v) is 12.9. The molecule has 0 aliphatic heterocycles. The predicted octanol–water partition coefficient (Wildman–Crippen LogP) is -1.07. The molecule has 0 heterocycles. The van der Waals surface area contributed by atoms with Gasteiger partial charge in [-0.25, -0.2) is 0 Å². The second kappa shape index (κ2) is 24.7. The average Bonchev–Trinajstić information content (AvgIpc) is 2.67. The third kappa shape index (κ3) is 23.7. The van der Waals surface area contributed by atoms with E-state index < -0.39 is 33.7 Å². The Hall–Kier alpha value is 0.590. The van der Waals surface area contributed by atoms with Crippen LogP contribution in [0.1, 0.15) is 106 Å². The van der Waals surface area contributed by atoms with Crippen LogP contribution in [0, 0.1) is 0 Å². The van der Waals surface area contributed by atoms with Crippen molar-refractivity contribution >= 4 is 22.0 Å².